The largest absolute Gasteiger partial charge is 0.389 e. The van der Waals surface area contributed by atoms with Gasteiger partial charge in [0.15, 0.2) is 0 Å². The summed E-state index contributed by atoms with van der Waals surface area (Å²) in [6.45, 7) is 4.01. The third kappa shape index (κ3) is 7.88. The van der Waals surface area contributed by atoms with Crippen LogP contribution in [-0.4, -0.2) is 18.3 Å². The van der Waals surface area contributed by atoms with E-state index < -0.39 is 12.6 Å². The summed E-state index contributed by atoms with van der Waals surface area (Å²) in [6.07, 6.45) is -3.08. The molecular formula is C15H22F3N. The second kappa shape index (κ2) is 7.53. The molecule has 0 aliphatic rings. The summed E-state index contributed by atoms with van der Waals surface area (Å²) in [5.74, 6) is 0. The standard InChI is InChI=1S/C15H22F3N/c1-12(7-6-10-15(16,17)18)19-13(2)11-14-8-4-3-5-9-14/h3-5,8-9,12-13,19H,6-7,10-11H2,1-2H3. The maximum atomic E-state index is 12.0. The van der Waals surface area contributed by atoms with Gasteiger partial charge in [-0.2, -0.15) is 13.2 Å². The van der Waals surface area contributed by atoms with Crippen LogP contribution in [0, 0.1) is 0 Å². The third-order valence-electron chi connectivity index (χ3n) is 3.05. The first kappa shape index (κ1) is 16.0. The Morgan fingerprint density at radius 1 is 1.05 bits per heavy atom. The molecule has 2 atom stereocenters. The van der Waals surface area contributed by atoms with Crippen molar-refractivity contribution in [3.63, 3.8) is 0 Å². The van der Waals surface area contributed by atoms with Crippen molar-refractivity contribution in [2.24, 2.45) is 0 Å². The molecule has 0 radical (unpaired) electrons. The van der Waals surface area contributed by atoms with Crippen molar-refractivity contribution in [2.45, 2.75) is 57.8 Å². The molecule has 0 spiro atoms. The molecule has 1 aromatic rings. The molecule has 0 aliphatic heterocycles. The molecule has 0 heterocycles. The van der Waals surface area contributed by atoms with Crippen molar-refractivity contribution >= 4 is 0 Å². The first-order chi connectivity index (χ1) is 8.87. The van der Waals surface area contributed by atoms with E-state index in [9.17, 15) is 13.2 Å². The third-order valence-corrected chi connectivity index (χ3v) is 3.05. The average molecular weight is 273 g/mol. The average Bonchev–Trinajstić information content (AvgIpc) is 2.28. The number of nitrogens with one attached hydrogen (secondary N) is 1. The van der Waals surface area contributed by atoms with Crippen LogP contribution in [-0.2, 0) is 6.42 Å². The zero-order valence-corrected chi connectivity index (χ0v) is 11.5. The van der Waals surface area contributed by atoms with Crippen molar-refractivity contribution in [1.29, 1.82) is 0 Å². The Morgan fingerprint density at radius 2 is 1.68 bits per heavy atom. The SMILES string of the molecule is CC(CCCC(F)(F)F)NC(C)Cc1ccccc1. The number of hydrogen-bond donors (Lipinski definition) is 1. The van der Waals surface area contributed by atoms with Crippen LogP contribution in [0.15, 0.2) is 30.3 Å². The Kier molecular flexibility index (Phi) is 6.35. The van der Waals surface area contributed by atoms with E-state index in [1.807, 2.05) is 25.1 Å². The van der Waals surface area contributed by atoms with Gasteiger partial charge in [0.25, 0.3) is 0 Å². The molecule has 1 N–H and O–H groups in total. The van der Waals surface area contributed by atoms with Crippen molar-refractivity contribution in [3.05, 3.63) is 35.9 Å². The Morgan fingerprint density at radius 3 is 2.26 bits per heavy atom. The second-order valence-corrected chi connectivity index (χ2v) is 5.17. The van der Waals surface area contributed by atoms with Gasteiger partial charge in [-0.3, -0.25) is 0 Å². The van der Waals surface area contributed by atoms with Gasteiger partial charge in [0.2, 0.25) is 0 Å². The Hall–Kier alpha value is -1.03. The summed E-state index contributed by atoms with van der Waals surface area (Å²) in [5, 5.41) is 3.35. The monoisotopic (exact) mass is 273 g/mol. The lowest BCUT2D eigenvalue weighted by molar-refractivity contribution is -0.135. The van der Waals surface area contributed by atoms with Gasteiger partial charge in [-0.25, -0.2) is 0 Å². The summed E-state index contributed by atoms with van der Waals surface area (Å²) < 4.78 is 36.1. The number of alkyl halides is 3. The minimum absolute atomic E-state index is 0.112. The molecule has 1 rings (SSSR count). The van der Waals surface area contributed by atoms with Gasteiger partial charge >= 0.3 is 6.18 Å². The molecule has 108 valence electrons. The van der Waals surface area contributed by atoms with Crippen LogP contribution in [0.3, 0.4) is 0 Å². The highest BCUT2D eigenvalue weighted by atomic mass is 19.4. The highest BCUT2D eigenvalue weighted by Crippen LogP contribution is 2.22. The maximum absolute atomic E-state index is 12.0. The lowest BCUT2D eigenvalue weighted by atomic mass is 10.1. The number of benzene rings is 1. The van der Waals surface area contributed by atoms with Gasteiger partial charge in [-0.1, -0.05) is 30.3 Å². The van der Waals surface area contributed by atoms with Crippen LogP contribution < -0.4 is 5.32 Å². The first-order valence-electron chi connectivity index (χ1n) is 6.73. The number of hydrogen-bond acceptors (Lipinski definition) is 1. The second-order valence-electron chi connectivity index (χ2n) is 5.17. The van der Waals surface area contributed by atoms with E-state index in [-0.39, 0.29) is 18.5 Å². The van der Waals surface area contributed by atoms with E-state index in [1.54, 1.807) is 0 Å². The van der Waals surface area contributed by atoms with E-state index in [0.717, 1.165) is 6.42 Å². The van der Waals surface area contributed by atoms with Gasteiger partial charge in [0.05, 0.1) is 0 Å². The Bertz CT molecular complexity index is 348. The summed E-state index contributed by atoms with van der Waals surface area (Å²) in [7, 11) is 0. The molecule has 0 amide bonds. The Labute approximate surface area is 113 Å². The fourth-order valence-electron chi connectivity index (χ4n) is 2.20. The topological polar surface area (TPSA) is 12.0 Å². The van der Waals surface area contributed by atoms with Crippen molar-refractivity contribution in [2.75, 3.05) is 0 Å². The quantitative estimate of drug-likeness (QED) is 0.779. The van der Waals surface area contributed by atoms with E-state index in [0.29, 0.717) is 6.42 Å². The molecule has 0 saturated carbocycles. The molecule has 0 saturated heterocycles. The molecule has 4 heteroatoms. The summed E-state index contributed by atoms with van der Waals surface area (Å²) in [4.78, 5) is 0. The zero-order chi connectivity index (χ0) is 14.3. The van der Waals surface area contributed by atoms with E-state index in [2.05, 4.69) is 24.4 Å². The fraction of sp³-hybridized carbons (Fsp3) is 0.600. The normalized spacial score (nSPS) is 15.2. The minimum Gasteiger partial charge on any atom is -0.311 e. The predicted molar refractivity (Wildman–Crippen MR) is 72.1 cm³/mol. The molecule has 1 nitrogen and oxygen atoms in total. The lowest BCUT2D eigenvalue weighted by Crippen LogP contribution is -2.36. The smallest absolute Gasteiger partial charge is 0.311 e. The van der Waals surface area contributed by atoms with Crippen LogP contribution in [0.2, 0.25) is 0 Å². The molecule has 1 aromatic carbocycles. The predicted octanol–water partition coefficient (Wildman–Crippen LogP) is 4.33. The molecule has 0 aliphatic carbocycles. The van der Waals surface area contributed by atoms with Gasteiger partial charge in [0, 0.05) is 18.5 Å². The summed E-state index contributed by atoms with van der Waals surface area (Å²) >= 11 is 0. The Balaban J connectivity index is 2.23. The molecule has 19 heavy (non-hydrogen) atoms. The van der Waals surface area contributed by atoms with Gasteiger partial charge < -0.3 is 5.32 Å². The lowest BCUT2D eigenvalue weighted by Gasteiger charge is -2.20. The maximum Gasteiger partial charge on any atom is 0.389 e. The molecule has 0 aromatic heterocycles. The van der Waals surface area contributed by atoms with Crippen LogP contribution >= 0.6 is 0 Å². The van der Waals surface area contributed by atoms with Crippen molar-refractivity contribution < 1.29 is 13.2 Å². The highest BCUT2D eigenvalue weighted by Gasteiger charge is 2.26. The van der Waals surface area contributed by atoms with Crippen molar-refractivity contribution in [3.8, 4) is 0 Å². The van der Waals surface area contributed by atoms with E-state index in [1.165, 1.54) is 5.56 Å². The summed E-state index contributed by atoms with van der Waals surface area (Å²) in [6, 6.07) is 10.5. The molecule has 0 fully saturated rings. The van der Waals surface area contributed by atoms with Gasteiger partial charge in [0.1, 0.15) is 0 Å². The summed E-state index contributed by atoms with van der Waals surface area (Å²) in [5.41, 5.74) is 1.24. The van der Waals surface area contributed by atoms with E-state index >= 15 is 0 Å². The number of rotatable bonds is 7. The van der Waals surface area contributed by atoms with Crippen LogP contribution in [0.25, 0.3) is 0 Å². The minimum atomic E-state index is -4.03. The number of halogens is 3. The fourth-order valence-corrected chi connectivity index (χ4v) is 2.20. The van der Waals surface area contributed by atoms with Crippen LogP contribution in [0.4, 0.5) is 13.2 Å². The van der Waals surface area contributed by atoms with E-state index in [4.69, 9.17) is 0 Å². The highest BCUT2D eigenvalue weighted by molar-refractivity contribution is 5.15. The molecule has 0 bridgehead atoms. The molecular weight excluding hydrogens is 251 g/mol. The van der Waals surface area contributed by atoms with Crippen LogP contribution in [0.5, 0.6) is 0 Å². The van der Waals surface area contributed by atoms with Gasteiger partial charge in [-0.15, -0.1) is 0 Å². The first-order valence-corrected chi connectivity index (χ1v) is 6.73. The van der Waals surface area contributed by atoms with Crippen LogP contribution in [0.1, 0.15) is 38.7 Å². The zero-order valence-electron chi connectivity index (χ0n) is 11.5. The van der Waals surface area contributed by atoms with Crippen molar-refractivity contribution in [1.82, 2.24) is 5.32 Å². The molecule has 2 unspecified atom stereocenters. The van der Waals surface area contributed by atoms with Gasteiger partial charge in [-0.05, 0) is 38.7 Å².